The van der Waals surface area contributed by atoms with E-state index in [2.05, 4.69) is 6.92 Å². The summed E-state index contributed by atoms with van der Waals surface area (Å²) >= 11 is 0. The molecule has 0 amide bonds. The number of esters is 2. The van der Waals surface area contributed by atoms with Gasteiger partial charge in [-0.05, 0) is 69.4 Å². The summed E-state index contributed by atoms with van der Waals surface area (Å²) in [5, 5.41) is 23.6. The van der Waals surface area contributed by atoms with E-state index in [0.717, 1.165) is 0 Å². The van der Waals surface area contributed by atoms with Crippen molar-refractivity contribution >= 4 is 17.7 Å². The molecule has 9 heteroatoms. The summed E-state index contributed by atoms with van der Waals surface area (Å²) in [6.07, 6.45) is 3.73. The van der Waals surface area contributed by atoms with E-state index in [0.29, 0.717) is 24.2 Å². The van der Waals surface area contributed by atoms with Crippen LogP contribution in [0.2, 0.25) is 0 Å². The summed E-state index contributed by atoms with van der Waals surface area (Å²) in [5.41, 5.74) is -2.67. The molecule has 5 aliphatic heterocycles. The standard InChI is InChI=1S/C29H36O9/c1-13(8-15-9-14(2)24(33)35-15)20-22-26(20,5)6-7-27-12-28-17(25(3,4)36-18(28)11-19(31)37-28)10-16(30)21(27)23(32)29(22,34)38-27/h8-9,13,16-18,20-22,30,34H,6-7,10-12H2,1-5H3/b15-8+/t13-,16+,17+,18-,20-,21+,22+,26-,27+,28-,29+/m1/s1. The van der Waals surface area contributed by atoms with Crippen LogP contribution in [0.4, 0.5) is 0 Å². The molecule has 206 valence electrons. The number of Topliss-reactive ketones (excluding diaryl/α,β-unsaturated/α-hetero) is 1. The van der Waals surface area contributed by atoms with Gasteiger partial charge in [0.05, 0.1) is 29.6 Å². The number of hydrogen-bond donors (Lipinski definition) is 2. The Hall–Kier alpha value is -2.07. The third kappa shape index (κ3) is 2.89. The summed E-state index contributed by atoms with van der Waals surface area (Å²) in [4.78, 5) is 38.4. The highest BCUT2D eigenvalue weighted by Gasteiger charge is 2.83. The fourth-order valence-corrected chi connectivity index (χ4v) is 9.72. The maximum absolute atomic E-state index is 14.1. The third-order valence-corrected chi connectivity index (χ3v) is 11.2. The first kappa shape index (κ1) is 24.9. The predicted molar refractivity (Wildman–Crippen MR) is 130 cm³/mol. The average molecular weight is 529 g/mol. The van der Waals surface area contributed by atoms with Crippen molar-refractivity contribution in [2.45, 2.75) is 102 Å². The molecule has 0 radical (unpaired) electrons. The maximum atomic E-state index is 14.1. The number of ether oxygens (including phenoxy) is 4. The van der Waals surface area contributed by atoms with Crippen molar-refractivity contribution in [3.8, 4) is 0 Å². The number of allylic oxidation sites excluding steroid dienone is 2. The monoisotopic (exact) mass is 528 g/mol. The van der Waals surface area contributed by atoms with Gasteiger partial charge in [-0.15, -0.1) is 0 Å². The first-order valence-corrected chi connectivity index (χ1v) is 13.8. The number of carbonyl (C=O) groups excluding carboxylic acids is 3. The summed E-state index contributed by atoms with van der Waals surface area (Å²) in [5.74, 6) is -4.61. The normalized spacial score (nSPS) is 53.7. The first-order valence-electron chi connectivity index (χ1n) is 13.8. The van der Waals surface area contributed by atoms with Crippen LogP contribution in [-0.2, 0) is 33.3 Å². The number of rotatable bonds is 2. The minimum Gasteiger partial charge on any atom is -0.456 e. The van der Waals surface area contributed by atoms with E-state index in [1.165, 1.54) is 0 Å². The molecule has 11 atom stereocenters. The molecule has 0 unspecified atom stereocenters. The average Bonchev–Trinajstić information content (AvgIpc) is 3.00. The van der Waals surface area contributed by atoms with Gasteiger partial charge in [0.25, 0.3) is 0 Å². The molecule has 5 heterocycles. The van der Waals surface area contributed by atoms with Crippen molar-refractivity contribution in [1.82, 2.24) is 0 Å². The zero-order valence-electron chi connectivity index (χ0n) is 22.5. The molecule has 7 rings (SSSR count). The lowest BCUT2D eigenvalue weighted by atomic mass is 9.69. The van der Waals surface area contributed by atoms with Crippen molar-refractivity contribution in [1.29, 1.82) is 0 Å². The quantitative estimate of drug-likeness (QED) is 0.519. The topological polar surface area (TPSA) is 129 Å². The number of aliphatic hydroxyl groups excluding tert-OH is 1. The Bertz CT molecular complexity index is 1230. The van der Waals surface area contributed by atoms with E-state index in [1.807, 2.05) is 26.8 Å². The molecule has 2 spiro atoms. The smallest absolute Gasteiger partial charge is 0.339 e. The van der Waals surface area contributed by atoms with E-state index in [4.69, 9.17) is 18.9 Å². The van der Waals surface area contributed by atoms with Crippen LogP contribution in [0.3, 0.4) is 0 Å². The van der Waals surface area contributed by atoms with Gasteiger partial charge < -0.3 is 29.2 Å². The van der Waals surface area contributed by atoms with E-state index >= 15 is 0 Å². The van der Waals surface area contributed by atoms with E-state index < -0.39 is 52.4 Å². The van der Waals surface area contributed by atoms with E-state index in [1.54, 1.807) is 13.0 Å². The largest absolute Gasteiger partial charge is 0.456 e. The molecule has 2 saturated carbocycles. The van der Waals surface area contributed by atoms with Crippen molar-refractivity contribution in [3.63, 3.8) is 0 Å². The molecule has 6 fully saturated rings. The number of fused-ring (bicyclic) bond motifs is 3. The van der Waals surface area contributed by atoms with Crippen LogP contribution in [0.5, 0.6) is 0 Å². The van der Waals surface area contributed by atoms with Crippen LogP contribution in [0.1, 0.15) is 66.7 Å². The number of hydrogen-bond acceptors (Lipinski definition) is 9. The van der Waals surface area contributed by atoms with Crippen LogP contribution in [0.25, 0.3) is 0 Å². The molecule has 2 N–H and O–H groups in total. The van der Waals surface area contributed by atoms with Gasteiger partial charge in [0.2, 0.25) is 11.6 Å². The molecule has 9 nitrogen and oxygen atoms in total. The lowest BCUT2D eigenvalue weighted by Crippen LogP contribution is -2.51. The van der Waals surface area contributed by atoms with Gasteiger partial charge in [-0.2, -0.15) is 0 Å². The van der Waals surface area contributed by atoms with Gasteiger partial charge in [0.15, 0.2) is 0 Å². The molecule has 7 aliphatic rings. The summed E-state index contributed by atoms with van der Waals surface area (Å²) in [6, 6.07) is 0. The highest BCUT2D eigenvalue weighted by molar-refractivity contribution is 5.93. The molecule has 2 bridgehead atoms. The Labute approximate surface area is 221 Å². The molecular weight excluding hydrogens is 492 g/mol. The van der Waals surface area contributed by atoms with E-state index in [9.17, 15) is 24.6 Å². The first-order chi connectivity index (χ1) is 17.7. The van der Waals surface area contributed by atoms with Crippen LogP contribution in [0, 0.1) is 35.0 Å². The molecular formula is C29H36O9. The van der Waals surface area contributed by atoms with Gasteiger partial charge in [-0.3, -0.25) is 9.59 Å². The Morgan fingerprint density at radius 2 is 1.89 bits per heavy atom. The van der Waals surface area contributed by atoms with Crippen molar-refractivity contribution in [2.24, 2.45) is 35.0 Å². The van der Waals surface area contributed by atoms with Crippen LogP contribution in [-0.4, -0.2) is 62.7 Å². The lowest BCUT2D eigenvalue weighted by molar-refractivity contribution is -0.244. The highest BCUT2D eigenvalue weighted by Crippen LogP contribution is 2.75. The number of ketones is 1. The maximum Gasteiger partial charge on any atom is 0.339 e. The van der Waals surface area contributed by atoms with Crippen molar-refractivity contribution < 1.29 is 43.5 Å². The van der Waals surface area contributed by atoms with Gasteiger partial charge in [-0.1, -0.05) is 13.8 Å². The highest BCUT2D eigenvalue weighted by atomic mass is 16.7. The number of cyclic esters (lactones) is 1. The molecule has 2 aliphatic carbocycles. The second-order valence-electron chi connectivity index (χ2n) is 13.7. The molecule has 0 aromatic carbocycles. The third-order valence-electron chi connectivity index (χ3n) is 11.2. The SMILES string of the molecule is CC1=C/C(=C\[C@@H](C)[C@@H]2[C@H]3[C@]2(C)CC[C@]24C[C@]56OC(=O)C[C@H]5OC(C)(C)[C@@H]6C[C@H](O)[C@H]2C(=O)[C@@]3(O)O4)OC1=O. The fraction of sp³-hybridized carbons (Fsp3) is 0.759. The van der Waals surface area contributed by atoms with E-state index in [-0.39, 0.29) is 54.4 Å². The summed E-state index contributed by atoms with van der Waals surface area (Å²) in [7, 11) is 0. The van der Waals surface area contributed by atoms with Gasteiger partial charge in [0, 0.05) is 23.8 Å². The van der Waals surface area contributed by atoms with Crippen LogP contribution >= 0.6 is 0 Å². The lowest BCUT2D eigenvalue weighted by Gasteiger charge is -2.41. The van der Waals surface area contributed by atoms with Gasteiger partial charge in [0.1, 0.15) is 17.5 Å². The second kappa shape index (κ2) is 7.16. The number of carbonyl (C=O) groups is 3. The molecule has 4 saturated heterocycles. The minimum atomic E-state index is -2.05. The Morgan fingerprint density at radius 1 is 1.16 bits per heavy atom. The van der Waals surface area contributed by atoms with Crippen molar-refractivity contribution in [2.75, 3.05) is 0 Å². The van der Waals surface area contributed by atoms with Crippen molar-refractivity contribution in [3.05, 3.63) is 23.5 Å². The van der Waals surface area contributed by atoms with Gasteiger partial charge >= 0.3 is 11.9 Å². The zero-order chi connectivity index (χ0) is 27.2. The number of aliphatic hydroxyl groups is 2. The van der Waals surface area contributed by atoms with Crippen LogP contribution in [0.15, 0.2) is 23.5 Å². The zero-order valence-corrected chi connectivity index (χ0v) is 22.5. The summed E-state index contributed by atoms with van der Waals surface area (Å²) in [6.45, 7) is 9.67. The summed E-state index contributed by atoms with van der Waals surface area (Å²) < 4.78 is 24.3. The Balaban J connectivity index is 1.25. The van der Waals surface area contributed by atoms with Gasteiger partial charge in [-0.25, -0.2) is 4.79 Å². The predicted octanol–water partition coefficient (Wildman–Crippen LogP) is 2.33. The fourth-order valence-electron chi connectivity index (χ4n) is 9.72. The minimum absolute atomic E-state index is 0.0782. The molecule has 38 heavy (non-hydrogen) atoms. The second-order valence-corrected chi connectivity index (χ2v) is 13.7. The van der Waals surface area contributed by atoms with Crippen LogP contribution < -0.4 is 0 Å². The molecule has 0 aromatic heterocycles. The Kier molecular flexibility index (Phi) is 4.70. The molecule has 0 aromatic rings. The Morgan fingerprint density at radius 3 is 2.58 bits per heavy atom.